The largest absolute Gasteiger partial charge is 0.459 e. The van der Waals surface area contributed by atoms with Crippen LogP contribution in [0.3, 0.4) is 0 Å². The maximum absolute atomic E-state index is 12.9. The molecule has 10 nitrogen and oxygen atoms in total. The molecule has 0 spiro atoms. The molecule has 0 aliphatic carbocycles. The zero-order chi connectivity index (χ0) is 24.7. The van der Waals surface area contributed by atoms with Gasteiger partial charge in [-0.15, -0.1) is 11.8 Å². The number of amides is 1. The molecule has 0 N–H and O–H groups in total. The number of β-lactam (4-membered cyclic amide) rings is 1. The van der Waals surface area contributed by atoms with E-state index in [1.807, 2.05) is 0 Å². The average molecular weight is 507 g/mol. The van der Waals surface area contributed by atoms with Crippen molar-refractivity contribution in [2.24, 2.45) is 0 Å². The first-order chi connectivity index (χ1) is 16.0. The molecule has 1 amide bonds. The molecule has 2 fully saturated rings. The third-order valence-corrected chi connectivity index (χ3v) is 8.31. The number of non-ortho nitro benzene ring substituents is 1. The van der Waals surface area contributed by atoms with Crippen molar-refractivity contribution in [2.45, 2.75) is 48.5 Å². The van der Waals surface area contributed by atoms with Crippen LogP contribution in [0.4, 0.5) is 5.69 Å². The number of esters is 1. The summed E-state index contributed by atoms with van der Waals surface area (Å²) in [5.74, 6) is -1.59. The summed E-state index contributed by atoms with van der Waals surface area (Å²) in [6.45, 7) is 3.43. The lowest BCUT2D eigenvalue weighted by atomic mass is 9.97. The molecule has 180 valence electrons. The van der Waals surface area contributed by atoms with Crippen LogP contribution in [-0.4, -0.2) is 52.4 Å². The van der Waals surface area contributed by atoms with Crippen LogP contribution in [0.25, 0.3) is 0 Å². The van der Waals surface area contributed by atoms with Gasteiger partial charge in [0.05, 0.1) is 4.92 Å². The second-order valence-electron chi connectivity index (χ2n) is 8.50. The van der Waals surface area contributed by atoms with Crippen molar-refractivity contribution in [1.29, 1.82) is 0 Å². The highest BCUT2D eigenvalue weighted by Crippen LogP contribution is 2.52. The summed E-state index contributed by atoms with van der Waals surface area (Å²) in [5.41, 5.74) is 1.02. The van der Waals surface area contributed by atoms with Crippen molar-refractivity contribution in [2.75, 3.05) is 0 Å². The third kappa shape index (κ3) is 4.79. The monoisotopic (exact) mass is 506 g/mol. The number of hydrogen-bond acceptors (Lipinski definition) is 9. The van der Waals surface area contributed by atoms with E-state index in [0.717, 1.165) is 0 Å². The number of benzene rings is 2. The molecular weight excluding hydrogens is 484 g/mol. The van der Waals surface area contributed by atoms with Crippen molar-refractivity contribution in [3.05, 3.63) is 75.8 Å². The SMILES string of the molecule is CC1(C)S[C@@H]2[C@H](OS(=O)(=O)Cc3ccccc3)C(=O)N2[C@H]1C(=O)OCc1ccc([N+](=O)[O-])cc1. The number of nitro benzene ring substituents is 1. The van der Waals surface area contributed by atoms with E-state index in [0.29, 0.717) is 11.1 Å². The molecule has 2 saturated heterocycles. The standard InChI is InChI=1S/C22H22N2O8S2/c1-22(2)18(21(26)31-12-14-8-10-16(11-9-14)24(27)28)23-19(25)17(20(23)33-22)32-34(29,30)13-15-6-4-3-5-7-15/h3-11,17-18,20H,12-13H2,1-2H3/t17-,18+,20-/m1/s1. The molecule has 2 aliphatic heterocycles. The van der Waals surface area contributed by atoms with Gasteiger partial charge in [0.25, 0.3) is 21.7 Å². The zero-order valence-corrected chi connectivity index (χ0v) is 20.0. The maximum atomic E-state index is 12.9. The molecule has 12 heteroatoms. The lowest BCUT2D eigenvalue weighted by Gasteiger charge is -2.42. The van der Waals surface area contributed by atoms with E-state index in [4.69, 9.17) is 8.92 Å². The fraction of sp³-hybridized carbons (Fsp3) is 0.364. The normalized spacial score (nSPS) is 23.2. The predicted octanol–water partition coefficient (Wildman–Crippen LogP) is 2.62. The van der Waals surface area contributed by atoms with Gasteiger partial charge in [0, 0.05) is 16.9 Å². The first-order valence-corrected chi connectivity index (χ1v) is 12.8. The van der Waals surface area contributed by atoms with Crippen molar-refractivity contribution in [1.82, 2.24) is 4.90 Å². The Hall–Kier alpha value is -2.96. The smallest absolute Gasteiger partial charge is 0.330 e. The summed E-state index contributed by atoms with van der Waals surface area (Å²) in [4.78, 5) is 37.2. The van der Waals surface area contributed by atoms with Gasteiger partial charge in [-0.1, -0.05) is 30.3 Å². The fourth-order valence-electron chi connectivity index (χ4n) is 3.97. The predicted molar refractivity (Wildman–Crippen MR) is 123 cm³/mol. The summed E-state index contributed by atoms with van der Waals surface area (Å²) in [5, 5.41) is 10.1. The van der Waals surface area contributed by atoms with Gasteiger partial charge in [-0.3, -0.25) is 19.1 Å². The summed E-state index contributed by atoms with van der Waals surface area (Å²) in [6.07, 6.45) is -1.20. The summed E-state index contributed by atoms with van der Waals surface area (Å²) in [6, 6.07) is 13.2. The Morgan fingerprint density at radius 2 is 1.76 bits per heavy atom. The van der Waals surface area contributed by atoms with Crippen LogP contribution in [0.5, 0.6) is 0 Å². The van der Waals surface area contributed by atoms with Crippen LogP contribution >= 0.6 is 11.8 Å². The van der Waals surface area contributed by atoms with E-state index in [1.165, 1.54) is 40.9 Å². The van der Waals surface area contributed by atoms with Gasteiger partial charge in [0.15, 0.2) is 6.10 Å². The van der Waals surface area contributed by atoms with Crippen molar-refractivity contribution in [3.63, 3.8) is 0 Å². The molecule has 0 aromatic heterocycles. The Morgan fingerprint density at radius 1 is 1.12 bits per heavy atom. The molecule has 2 aliphatic rings. The van der Waals surface area contributed by atoms with E-state index in [1.54, 1.807) is 44.2 Å². The van der Waals surface area contributed by atoms with Gasteiger partial charge in [0.1, 0.15) is 23.8 Å². The average Bonchev–Trinajstić information content (AvgIpc) is 3.04. The number of hydrogen-bond donors (Lipinski definition) is 0. The molecular formula is C22H22N2O8S2. The van der Waals surface area contributed by atoms with Crippen LogP contribution in [0, 0.1) is 10.1 Å². The molecule has 2 aromatic rings. The van der Waals surface area contributed by atoms with E-state index in [2.05, 4.69) is 0 Å². The van der Waals surface area contributed by atoms with Crippen LogP contribution in [0.1, 0.15) is 25.0 Å². The first-order valence-electron chi connectivity index (χ1n) is 10.3. The number of nitro groups is 1. The summed E-state index contributed by atoms with van der Waals surface area (Å²) >= 11 is 1.28. The van der Waals surface area contributed by atoms with Gasteiger partial charge in [0.2, 0.25) is 0 Å². The highest BCUT2D eigenvalue weighted by atomic mass is 32.2. The summed E-state index contributed by atoms with van der Waals surface area (Å²) in [7, 11) is -4.02. The van der Waals surface area contributed by atoms with Crippen molar-refractivity contribution in [3.8, 4) is 0 Å². The minimum atomic E-state index is -4.02. The molecule has 0 unspecified atom stereocenters. The van der Waals surface area contributed by atoms with E-state index >= 15 is 0 Å². The topological polar surface area (TPSA) is 133 Å². The molecule has 2 aromatic carbocycles. The van der Waals surface area contributed by atoms with Crippen LogP contribution in [0.15, 0.2) is 54.6 Å². The molecule has 0 radical (unpaired) electrons. The zero-order valence-electron chi connectivity index (χ0n) is 18.3. The lowest BCUT2D eigenvalue weighted by molar-refractivity contribution is -0.384. The second-order valence-corrected chi connectivity index (χ2v) is 11.9. The Labute approximate surface area is 200 Å². The third-order valence-electron chi connectivity index (χ3n) is 5.58. The Morgan fingerprint density at radius 3 is 2.38 bits per heavy atom. The maximum Gasteiger partial charge on any atom is 0.330 e. The van der Waals surface area contributed by atoms with Gasteiger partial charge < -0.3 is 9.64 Å². The number of nitrogens with zero attached hydrogens (tertiary/aromatic N) is 2. The lowest BCUT2D eigenvalue weighted by Crippen LogP contribution is -2.66. The van der Waals surface area contributed by atoms with Crippen LogP contribution < -0.4 is 0 Å². The number of rotatable bonds is 8. The number of ether oxygens (including phenoxy) is 1. The minimum absolute atomic E-state index is 0.0781. The fourth-order valence-corrected chi connectivity index (χ4v) is 6.80. The van der Waals surface area contributed by atoms with Gasteiger partial charge in [-0.2, -0.15) is 8.42 Å². The molecule has 4 rings (SSSR count). The quantitative estimate of drug-likeness (QED) is 0.174. The Kier molecular flexibility index (Phi) is 6.40. The molecule has 2 heterocycles. The highest BCUT2D eigenvalue weighted by Gasteiger charge is 2.65. The molecule has 0 bridgehead atoms. The minimum Gasteiger partial charge on any atom is -0.459 e. The molecule has 34 heavy (non-hydrogen) atoms. The van der Waals surface area contributed by atoms with E-state index in [9.17, 15) is 28.1 Å². The van der Waals surface area contributed by atoms with Gasteiger partial charge in [-0.05, 0) is 37.1 Å². The highest BCUT2D eigenvalue weighted by molar-refractivity contribution is 8.01. The summed E-state index contributed by atoms with van der Waals surface area (Å²) < 4.78 is 34.9. The number of thioether (sulfide) groups is 1. The van der Waals surface area contributed by atoms with Crippen molar-refractivity contribution < 1.29 is 31.9 Å². The number of fused-ring (bicyclic) bond motifs is 1. The molecule has 3 atom stereocenters. The van der Waals surface area contributed by atoms with E-state index < -0.39 is 49.2 Å². The van der Waals surface area contributed by atoms with Crippen molar-refractivity contribution >= 4 is 39.4 Å². The van der Waals surface area contributed by atoms with Crippen LogP contribution in [0.2, 0.25) is 0 Å². The second kappa shape index (κ2) is 9.01. The van der Waals surface area contributed by atoms with Gasteiger partial charge >= 0.3 is 5.97 Å². The number of carbonyl (C=O) groups excluding carboxylic acids is 2. The first kappa shape index (κ1) is 24.2. The number of carbonyl (C=O) groups is 2. The Bertz CT molecular complexity index is 1220. The van der Waals surface area contributed by atoms with Crippen LogP contribution in [-0.2, 0) is 41.0 Å². The van der Waals surface area contributed by atoms with Gasteiger partial charge in [-0.25, -0.2) is 4.79 Å². The molecule has 0 saturated carbocycles. The van der Waals surface area contributed by atoms with E-state index in [-0.39, 0.29) is 18.0 Å². The Balaban J connectivity index is 1.40.